The summed E-state index contributed by atoms with van der Waals surface area (Å²) in [6.45, 7) is 0. The lowest BCUT2D eigenvalue weighted by atomic mass is 9.86. The molecule has 10 rings (SSSR count). The van der Waals surface area contributed by atoms with Gasteiger partial charge in [0.1, 0.15) is 16.9 Å². The van der Waals surface area contributed by atoms with Crippen LogP contribution in [0, 0.1) is 0 Å². The highest BCUT2D eigenvalue weighted by Gasteiger charge is 2.17. The fourth-order valence-corrected chi connectivity index (χ4v) is 7.65. The van der Waals surface area contributed by atoms with E-state index in [2.05, 4.69) is 69.5 Å². The van der Waals surface area contributed by atoms with Crippen molar-refractivity contribution in [1.82, 2.24) is 28.2 Å². The Kier molecular flexibility index (Phi) is 8.98. The zero-order valence-corrected chi connectivity index (χ0v) is 30.8. The number of aromatic nitrogens is 6. The molecule has 58 heavy (non-hydrogen) atoms. The van der Waals surface area contributed by atoms with E-state index in [9.17, 15) is 14.4 Å². The molecule has 4 aromatic carbocycles. The van der Waals surface area contributed by atoms with E-state index in [4.69, 9.17) is 0 Å². The maximum atomic E-state index is 12.6. The SMILES string of the molecule is O=c1ccnc2cc(-c3ccccc3-c3cc(-c4ccccc4-c4ccn5c(=O)ccnc5c4)cc(-c4ccccc4-c4ccn5c(=O)ccnc5c4)c3)ccn12.[B]. The first kappa shape index (κ1) is 35.7. The fraction of sp³-hybridized carbons (Fsp3) is 0. The quantitative estimate of drug-likeness (QED) is 0.159. The maximum Gasteiger partial charge on any atom is 0.257 e. The smallest absolute Gasteiger partial charge is 0.257 e. The van der Waals surface area contributed by atoms with Crippen molar-refractivity contribution in [2.24, 2.45) is 0 Å². The Balaban J connectivity index is 0.00000436. The van der Waals surface area contributed by atoms with Crippen molar-refractivity contribution in [3.63, 3.8) is 0 Å². The summed E-state index contributed by atoms with van der Waals surface area (Å²) in [6, 6.07) is 47.4. The van der Waals surface area contributed by atoms with E-state index >= 15 is 0 Å². The van der Waals surface area contributed by atoms with Crippen molar-refractivity contribution in [3.8, 4) is 66.8 Å². The van der Waals surface area contributed by atoms with Crippen LogP contribution < -0.4 is 16.7 Å². The van der Waals surface area contributed by atoms with Gasteiger partial charge in [0.2, 0.25) is 0 Å². The molecule has 0 N–H and O–H groups in total. The minimum Gasteiger partial charge on any atom is -0.269 e. The molecule has 10 heteroatoms. The molecule has 0 aliphatic carbocycles. The largest absolute Gasteiger partial charge is 0.269 e. The second-order valence-corrected chi connectivity index (χ2v) is 13.7. The lowest BCUT2D eigenvalue weighted by molar-refractivity contribution is 1.05. The third-order valence-electron chi connectivity index (χ3n) is 10.4. The molecule has 0 spiro atoms. The molecule has 6 heterocycles. The summed E-state index contributed by atoms with van der Waals surface area (Å²) < 4.78 is 4.61. The van der Waals surface area contributed by atoms with Gasteiger partial charge in [0, 0.05) is 63.8 Å². The van der Waals surface area contributed by atoms with E-state index in [0.717, 1.165) is 66.8 Å². The van der Waals surface area contributed by atoms with Crippen LogP contribution in [0.4, 0.5) is 0 Å². The van der Waals surface area contributed by atoms with Crippen LogP contribution in [0.15, 0.2) is 197 Å². The van der Waals surface area contributed by atoms with E-state index in [1.165, 1.54) is 50.0 Å². The standard InChI is InChI=1S/C48H30N6O3.B/c55-46-13-19-49-43-28-31(16-22-52(43)46)37-7-1-4-10-40(37)34-25-35(41-11-5-2-8-38(41)32-17-23-53-44(29-32)50-20-14-47(53)56)27-36(26-34)42-12-6-3-9-39(42)33-18-24-54-45(30-33)51-21-15-48(54)57;/h1-30H;. The molecule has 3 radical (unpaired) electrons. The number of hydrogen-bond donors (Lipinski definition) is 0. The molecule has 0 aliphatic rings. The predicted molar refractivity (Wildman–Crippen MR) is 230 cm³/mol. The topological polar surface area (TPSA) is 103 Å². The van der Waals surface area contributed by atoms with Gasteiger partial charge in [-0.25, -0.2) is 15.0 Å². The van der Waals surface area contributed by atoms with Gasteiger partial charge in [-0.15, -0.1) is 0 Å². The van der Waals surface area contributed by atoms with Gasteiger partial charge in [0.25, 0.3) is 16.7 Å². The molecule has 0 unspecified atom stereocenters. The molecule has 0 bridgehead atoms. The average Bonchev–Trinajstić information content (AvgIpc) is 3.26. The van der Waals surface area contributed by atoms with Crippen LogP contribution in [-0.4, -0.2) is 36.6 Å². The van der Waals surface area contributed by atoms with Gasteiger partial charge >= 0.3 is 0 Å². The van der Waals surface area contributed by atoms with Crippen LogP contribution in [0.5, 0.6) is 0 Å². The normalized spacial score (nSPS) is 11.2. The van der Waals surface area contributed by atoms with Crippen LogP contribution >= 0.6 is 0 Å². The summed E-state index contributed by atoms with van der Waals surface area (Å²) in [5.74, 6) is 0. The highest BCUT2D eigenvalue weighted by atomic mass is 16.1. The predicted octanol–water partition coefficient (Wildman–Crippen LogP) is 8.33. The van der Waals surface area contributed by atoms with Gasteiger partial charge in [-0.1, -0.05) is 72.8 Å². The Hall–Kier alpha value is -7.98. The molecule has 0 atom stereocenters. The van der Waals surface area contributed by atoms with Crippen LogP contribution in [0.3, 0.4) is 0 Å². The van der Waals surface area contributed by atoms with Gasteiger partial charge < -0.3 is 0 Å². The second kappa shape index (κ2) is 14.6. The molecule has 0 saturated carbocycles. The molecular weight excluding hydrogens is 719 g/mol. The summed E-state index contributed by atoms with van der Waals surface area (Å²) in [6.07, 6.45) is 9.90. The second-order valence-electron chi connectivity index (χ2n) is 13.7. The van der Waals surface area contributed by atoms with Gasteiger partial charge in [-0.2, -0.15) is 0 Å². The first-order chi connectivity index (χ1) is 28.0. The Morgan fingerprint density at radius 2 is 0.569 bits per heavy atom. The molecule has 6 aromatic heterocycles. The zero-order valence-electron chi connectivity index (χ0n) is 30.8. The summed E-state index contributed by atoms with van der Waals surface area (Å²) in [7, 11) is 0. The third-order valence-corrected chi connectivity index (χ3v) is 10.4. The van der Waals surface area contributed by atoms with Crippen LogP contribution in [0.25, 0.3) is 83.7 Å². The van der Waals surface area contributed by atoms with Crippen molar-refractivity contribution in [3.05, 3.63) is 214 Å². The number of hydrogen-bond acceptors (Lipinski definition) is 6. The summed E-state index contributed by atoms with van der Waals surface area (Å²) >= 11 is 0. The summed E-state index contributed by atoms with van der Waals surface area (Å²) in [4.78, 5) is 51.1. The highest BCUT2D eigenvalue weighted by molar-refractivity contribution is 5.94. The molecule has 273 valence electrons. The summed E-state index contributed by atoms with van der Waals surface area (Å²) in [5, 5.41) is 0. The van der Waals surface area contributed by atoms with Crippen molar-refractivity contribution < 1.29 is 0 Å². The molecule has 9 nitrogen and oxygen atoms in total. The number of pyridine rings is 3. The number of fused-ring (bicyclic) bond motifs is 3. The molecule has 0 saturated heterocycles. The van der Waals surface area contributed by atoms with Crippen molar-refractivity contribution in [2.45, 2.75) is 0 Å². The number of nitrogens with zero attached hydrogens (tertiary/aromatic N) is 6. The maximum absolute atomic E-state index is 12.6. The Labute approximate surface area is 333 Å². The van der Waals surface area contributed by atoms with Gasteiger partial charge in [0.15, 0.2) is 0 Å². The van der Waals surface area contributed by atoms with E-state index in [-0.39, 0.29) is 25.1 Å². The zero-order chi connectivity index (χ0) is 38.5. The van der Waals surface area contributed by atoms with E-state index in [1.54, 1.807) is 18.6 Å². The Morgan fingerprint density at radius 1 is 0.310 bits per heavy atom. The van der Waals surface area contributed by atoms with Crippen LogP contribution in [0.2, 0.25) is 0 Å². The first-order valence-electron chi connectivity index (χ1n) is 18.4. The van der Waals surface area contributed by atoms with E-state index in [0.29, 0.717) is 16.9 Å². The minimum absolute atomic E-state index is 0. The first-order valence-corrected chi connectivity index (χ1v) is 18.4. The minimum atomic E-state index is -0.141. The lowest BCUT2D eigenvalue weighted by Gasteiger charge is -2.18. The molecule has 0 amide bonds. The lowest BCUT2D eigenvalue weighted by Crippen LogP contribution is -2.12. The number of benzene rings is 4. The Morgan fingerprint density at radius 3 is 0.845 bits per heavy atom. The van der Waals surface area contributed by atoms with Gasteiger partial charge in [-0.05, 0) is 121 Å². The fourth-order valence-electron chi connectivity index (χ4n) is 7.65. The molecular formula is C48H30BN6O3. The van der Waals surface area contributed by atoms with Gasteiger partial charge in [-0.3, -0.25) is 27.6 Å². The van der Waals surface area contributed by atoms with E-state index in [1.807, 2.05) is 72.8 Å². The average molecular weight is 750 g/mol. The van der Waals surface area contributed by atoms with Crippen molar-refractivity contribution in [1.29, 1.82) is 0 Å². The Bertz CT molecular complexity index is 3040. The van der Waals surface area contributed by atoms with E-state index < -0.39 is 0 Å². The number of rotatable bonds is 6. The molecule has 0 aliphatic heterocycles. The van der Waals surface area contributed by atoms with Crippen LogP contribution in [-0.2, 0) is 0 Å². The van der Waals surface area contributed by atoms with Crippen molar-refractivity contribution >= 4 is 25.4 Å². The molecule has 0 fully saturated rings. The van der Waals surface area contributed by atoms with Crippen LogP contribution in [0.1, 0.15) is 0 Å². The third kappa shape index (κ3) is 6.28. The van der Waals surface area contributed by atoms with Crippen molar-refractivity contribution in [2.75, 3.05) is 0 Å². The van der Waals surface area contributed by atoms with Gasteiger partial charge in [0.05, 0.1) is 0 Å². The molecule has 10 aromatic rings. The highest BCUT2D eigenvalue weighted by Crippen LogP contribution is 2.42. The monoisotopic (exact) mass is 749 g/mol. The summed E-state index contributed by atoms with van der Waals surface area (Å²) in [5.41, 5.74) is 13.0.